The van der Waals surface area contributed by atoms with Crippen LogP contribution in [0.4, 0.5) is 0 Å². The highest BCUT2D eigenvalue weighted by molar-refractivity contribution is 7.89. The van der Waals surface area contributed by atoms with Crippen molar-refractivity contribution in [3.63, 3.8) is 0 Å². The largest absolute Gasteiger partial charge is 0.507 e. The van der Waals surface area contributed by atoms with Crippen LogP contribution >= 0.6 is 0 Å². The number of phenols is 1. The standard InChI is InChI=1S/C19H25N3O4S/c1-13(2)16-8-4-9-17(23)18(16)27(24,25)22-10-5-11-26-15-7-3-6-14(12-15)19(20)21/h3-4,6-9,12-13,22-23H,5,10-11H2,1-2H3,(H3,20,21). The minimum Gasteiger partial charge on any atom is -0.507 e. The minimum absolute atomic E-state index is 0.0411. The molecule has 2 aromatic rings. The highest BCUT2D eigenvalue weighted by Gasteiger charge is 2.23. The topological polar surface area (TPSA) is 125 Å². The smallest absolute Gasteiger partial charge is 0.244 e. The van der Waals surface area contributed by atoms with Gasteiger partial charge in [-0.1, -0.05) is 38.1 Å². The zero-order chi connectivity index (χ0) is 20.0. The Morgan fingerprint density at radius 3 is 2.63 bits per heavy atom. The average Bonchev–Trinajstić information content (AvgIpc) is 2.61. The third-order valence-corrected chi connectivity index (χ3v) is 5.51. The fourth-order valence-electron chi connectivity index (χ4n) is 2.58. The highest BCUT2D eigenvalue weighted by Crippen LogP contribution is 2.31. The Labute approximate surface area is 159 Å². The Kier molecular flexibility index (Phi) is 6.81. The SMILES string of the molecule is CC(C)c1cccc(O)c1S(=O)(=O)NCCCOc1cccc(C(=N)N)c1. The van der Waals surface area contributed by atoms with E-state index in [1.807, 2.05) is 13.8 Å². The summed E-state index contributed by atoms with van der Waals surface area (Å²) in [4.78, 5) is -0.0740. The van der Waals surface area contributed by atoms with Crippen LogP contribution in [0, 0.1) is 5.41 Å². The number of hydrogen-bond acceptors (Lipinski definition) is 5. The summed E-state index contributed by atoms with van der Waals surface area (Å²) in [6, 6.07) is 11.5. The Morgan fingerprint density at radius 1 is 1.26 bits per heavy atom. The van der Waals surface area contributed by atoms with E-state index in [1.165, 1.54) is 6.07 Å². The monoisotopic (exact) mass is 391 g/mol. The molecule has 0 saturated heterocycles. The summed E-state index contributed by atoms with van der Waals surface area (Å²) in [7, 11) is -3.83. The number of amidine groups is 1. The molecule has 0 aliphatic carbocycles. The number of benzene rings is 2. The Balaban J connectivity index is 1.94. The molecule has 2 aromatic carbocycles. The molecule has 0 spiro atoms. The van der Waals surface area contributed by atoms with Gasteiger partial charge < -0.3 is 15.6 Å². The molecular formula is C19H25N3O4S. The first kappa shape index (κ1) is 20.7. The third-order valence-electron chi connectivity index (χ3n) is 3.94. The van der Waals surface area contributed by atoms with Gasteiger partial charge in [-0.3, -0.25) is 5.41 Å². The minimum atomic E-state index is -3.83. The number of aromatic hydroxyl groups is 1. The normalized spacial score (nSPS) is 11.5. The van der Waals surface area contributed by atoms with Crippen LogP contribution in [-0.4, -0.2) is 32.5 Å². The van der Waals surface area contributed by atoms with Gasteiger partial charge in [-0.15, -0.1) is 0 Å². The van der Waals surface area contributed by atoms with Gasteiger partial charge in [-0.05, 0) is 36.1 Å². The van der Waals surface area contributed by atoms with Crippen LogP contribution in [-0.2, 0) is 10.0 Å². The van der Waals surface area contributed by atoms with E-state index in [-0.39, 0.29) is 28.9 Å². The first-order chi connectivity index (χ1) is 12.7. The fourth-order valence-corrected chi connectivity index (χ4v) is 4.10. The van der Waals surface area contributed by atoms with Crippen LogP contribution in [0.25, 0.3) is 0 Å². The molecule has 0 unspecified atom stereocenters. The molecule has 7 nitrogen and oxygen atoms in total. The van der Waals surface area contributed by atoms with Gasteiger partial charge in [-0.25, -0.2) is 13.1 Å². The lowest BCUT2D eigenvalue weighted by atomic mass is 10.0. The van der Waals surface area contributed by atoms with E-state index in [0.29, 0.717) is 29.9 Å². The molecule has 0 fully saturated rings. The molecular weight excluding hydrogens is 366 g/mol. The van der Waals surface area contributed by atoms with Crippen LogP contribution in [0.5, 0.6) is 11.5 Å². The predicted molar refractivity (Wildman–Crippen MR) is 105 cm³/mol. The number of sulfonamides is 1. The van der Waals surface area contributed by atoms with E-state index in [4.69, 9.17) is 15.9 Å². The molecule has 0 bridgehead atoms. The summed E-state index contributed by atoms with van der Waals surface area (Å²) in [5.74, 6) is 0.219. The second-order valence-electron chi connectivity index (χ2n) is 6.39. The Morgan fingerprint density at radius 2 is 1.96 bits per heavy atom. The number of nitrogens with two attached hydrogens (primary N) is 1. The van der Waals surface area contributed by atoms with Crippen molar-refractivity contribution in [2.75, 3.05) is 13.2 Å². The molecule has 0 aliphatic rings. The Bertz CT molecular complexity index is 911. The van der Waals surface area contributed by atoms with Crippen molar-refractivity contribution in [3.05, 3.63) is 53.6 Å². The summed E-state index contributed by atoms with van der Waals surface area (Å²) < 4.78 is 33.2. The van der Waals surface area contributed by atoms with Crippen molar-refractivity contribution in [2.24, 2.45) is 5.73 Å². The van der Waals surface area contributed by atoms with E-state index < -0.39 is 10.0 Å². The van der Waals surface area contributed by atoms with Gasteiger partial charge in [-0.2, -0.15) is 0 Å². The predicted octanol–water partition coefficient (Wildman–Crippen LogP) is 2.55. The van der Waals surface area contributed by atoms with Crippen molar-refractivity contribution in [3.8, 4) is 11.5 Å². The lowest BCUT2D eigenvalue weighted by molar-refractivity contribution is 0.311. The van der Waals surface area contributed by atoms with E-state index in [1.54, 1.807) is 36.4 Å². The molecule has 8 heteroatoms. The van der Waals surface area contributed by atoms with E-state index >= 15 is 0 Å². The van der Waals surface area contributed by atoms with Crippen LogP contribution in [0.1, 0.15) is 37.3 Å². The van der Waals surface area contributed by atoms with Gasteiger partial charge in [0.1, 0.15) is 22.2 Å². The van der Waals surface area contributed by atoms with Crippen LogP contribution in [0.3, 0.4) is 0 Å². The van der Waals surface area contributed by atoms with Crippen molar-refractivity contribution >= 4 is 15.9 Å². The van der Waals surface area contributed by atoms with Crippen LogP contribution in [0.2, 0.25) is 0 Å². The fraction of sp³-hybridized carbons (Fsp3) is 0.316. The highest BCUT2D eigenvalue weighted by atomic mass is 32.2. The molecule has 0 aliphatic heterocycles. The molecule has 2 rings (SSSR count). The first-order valence-electron chi connectivity index (χ1n) is 8.61. The number of nitrogens with one attached hydrogen (secondary N) is 2. The summed E-state index contributed by atoms with van der Waals surface area (Å²) in [5, 5.41) is 17.4. The van der Waals surface area contributed by atoms with E-state index in [9.17, 15) is 13.5 Å². The van der Waals surface area contributed by atoms with Crippen LogP contribution in [0.15, 0.2) is 47.4 Å². The van der Waals surface area contributed by atoms with E-state index in [0.717, 1.165) is 0 Å². The number of hydrogen-bond donors (Lipinski definition) is 4. The van der Waals surface area contributed by atoms with Crippen molar-refractivity contribution in [2.45, 2.75) is 31.1 Å². The zero-order valence-electron chi connectivity index (χ0n) is 15.4. The lowest BCUT2D eigenvalue weighted by Gasteiger charge is -2.15. The molecule has 0 radical (unpaired) electrons. The quantitative estimate of drug-likeness (QED) is 0.297. The van der Waals surface area contributed by atoms with Gasteiger partial charge >= 0.3 is 0 Å². The maximum atomic E-state index is 12.6. The molecule has 0 aromatic heterocycles. The maximum Gasteiger partial charge on any atom is 0.244 e. The molecule has 0 atom stereocenters. The second kappa shape index (κ2) is 8.88. The molecule has 5 N–H and O–H groups in total. The number of nitrogen functional groups attached to an aromatic ring is 1. The van der Waals surface area contributed by atoms with Gasteiger partial charge in [0.15, 0.2) is 0 Å². The third kappa shape index (κ3) is 5.45. The van der Waals surface area contributed by atoms with Crippen LogP contribution < -0.4 is 15.2 Å². The number of ether oxygens (including phenoxy) is 1. The maximum absolute atomic E-state index is 12.6. The molecule has 146 valence electrons. The average molecular weight is 391 g/mol. The van der Waals surface area contributed by atoms with Crippen molar-refractivity contribution in [1.82, 2.24) is 4.72 Å². The lowest BCUT2D eigenvalue weighted by Crippen LogP contribution is -2.27. The molecule has 27 heavy (non-hydrogen) atoms. The van der Waals surface area contributed by atoms with Gasteiger partial charge in [0.05, 0.1) is 6.61 Å². The second-order valence-corrected chi connectivity index (χ2v) is 8.10. The zero-order valence-corrected chi connectivity index (χ0v) is 16.2. The first-order valence-corrected chi connectivity index (χ1v) is 10.1. The Hall–Kier alpha value is -2.58. The van der Waals surface area contributed by atoms with Gasteiger partial charge in [0.25, 0.3) is 0 Å². The number of rotatable bonds is 9. The number of phenolic OH excluding ortho intramolecular Hbond substituents is 1. The summed E-state index contributed by atoms with van der Waals surface area (Å²) in [6.07, 6.45) is 0.439. The summed E-state index contributed by atoms with van der Waals surface area (Å²) in [5.41, 5.74) is 6.57. The van der Waals surface area contributed by atoms with Gasteiger partial charge in [0.2, 0.25) is 10.0 Å². The molecule has 0 amide bonds. The van der Waals surface area contributed by atoms with Gasteiger partial charge in [0, 0.05) is 12.1 Å². The summed E-state index contributed by atoms with van der Waals surface area (Å²) in [6.45, 7) is 4.20. The molecule has 0 heterocycles. The van der Waals surface area contributed by atoms with Crippen molar-refractivity contribution < 1.29 is 18.3 Å². The van der Waals surface area contributed by atoms with E-state index in [2.05, 4.69) is 4.72 Å². The summed E-state index contributed by atoms with van der Waals surface area (Å²) >= 11 is 0. The van der Waals surface area contributed by atoms with Crippen molar-refractivity contribution in [1.29, 1.82) is 5.41 Å². The molecule has 0 saturated carbocycles.